The Hall–Kier alpha value is -3.27. The first-order chi connectivity index (χ1) is 16.9. The number of rotatable bonds is 11. The summed E-state index contributed by atoms with van der Waals surface area (Å²) in [5.74, 6) is 0.352. The van der Waals surface area contributed by atoms with Gasteiger partial charge in [-0.15, -0.1) is 0 Å². The summed E-state index contributed by atoms with van der Waals surface area (Å²) >= 11 is 5.22. The van der Waals surface area contributed by atoms with Crippen LogP contribution in [0.25, 0.3) is 0 Å². The van der Waals surface area contributed by atoms with Gasteiger partial charge in [0.1, 0.15) is 5.75 Å². The Morgan fingerprint density at radius 3 is 2.29 bits per heavy atom. The number of unbranched alkanes of at least 4 members (excludes halogenated alkanes) is 1. The highest BCUT2D eigenvalue weighted by Crippen LogP contribution is 2.15. The summed E-state index contributed by atoms with van der Waals surface area (Å²) in [6, 6.07) is 22.6. The third-order valence-corrected chi connectivity index (χ3v) is 6.76. The van der Waals surface area contributed by atoms with E-state index in [1.165, 1.54) is 12.1 Å². The van der Waals surface area contributed by atoms with Crippen molar-refractivity contribution < 1.29 is 17.9 Å². The Morgan fingerprint density at radius 2 is 1.63 bits per heavy atom. The molecule has 184 valence electrons. The van der Waals surface area contributed by atoms with E-state index in [0.717, 1.165) is 18.4 Å². The Bertz CT molecular complexity index is 1210. The fourth-order valence-electron chi connectivity index (χ4n) is 3.15. The Morgan fingerprint density at radius 1 is 0.943 bits per heavy atom. The van der Waals surface area contributed by atoms with Gasteiger partial charge in [-0.25, -0.2) is 13.1 Å². The lowest BCUT2D eigenvalue weighted by atomic mass is 10.2. The van der Waals surface area contributed by atoms with Crippen molar-refractivity contribution in [2.75, 3.05) is 18.5 Å². The van der Waals surface area contributed by atoms with Crippen molar-refractivity contribution in [1.82, 2.24) is 10.0 Å². The number of anilines is 1. The Kier molecular flexibility index (Phi) is 9.77. The molecule has 0 unspecified atom stereocenters. The van der Waals surface area contributed by atoms with Gasteiger partial charge in [0.2, 0.25) is 10.0 Å². The molecule has 3 aromatic rings. The number of hydrogen-bond acceptors (Lipinski definition) is 5. The SMILES string of the molecule is CCCCOc1ccc(C(=O)NC(=S)Nc2ccc(S(=O)(=O)NCCc3ccccc3)cc2)cc1. The zero-order valence-corrected chi connectivity index (χ0v) is 21.1. The maximum absolute atomic E-state index is 12.5. The van der Waals surface area contributed by atoms with Crippen LogP contribution in [-0.2, 0) is 16.4 Å². The molecule has 0 spiro atoms. The first kappa shape index (κ1) is 26.3. The van der Waals surface area contributed by atoms with Crippen LogP contribution in [0.5, 0.6) is 5.75 Å². The lowest BCUT2D eigenvalue weighted by molar-refractivity contribution is 0.0977. The number of sulfonamides is 1. The van der Waals surface area contributed by atoms with E-state index in [9.17, 15) is 13.2 Å². The summed E-state index contributed by atoms with van der Waals surface area (Å²) in [5.41, 5.74) is 2.06. The van der Waals surface area contributed by atoms with Gasteiger partial charge in [-0.05, 0) is 79.2 Å². The molecule has 0 radical (unpaired) electrons. The molecular weight excluding hydrogens is 482 g/mol. The zero-order valence-electron chi connectivity index (χ0n) is 19.5. The monoisotopic (exact) mass is 511 g/mol. The summed E-state index contributed by atoms with van der Waals surface area (Å²) in [4.78, 5) is 12.6. The fourth-order valence-corrected chi connectivity index (χ4v) is 4.39. The van der Waals surface area contributed by atoms with Crippen molar-refractivity contribution in [1.29, 1.82) is 0 Å². The number of carbonyl (C=O) groups excluding carboxylic acids is 1. The minimum Gasteiger partial charge on any atom is -0.494 e. The number of hydrogen-bond donors (Lipinski definition) is 3. The van der Waals surface area contributed by atoms with Crippen molar-refractivity contribution in [3.05, 3.63) is 90.0 Å². The van der Waals surface area contributed by atoms with Crippen LogP contribution in [0.15, 0.2) is 83.8 Å². The third kappa shape index (κ3) is 8.47. The Labute approximate surface area is 212 Å². The van der Waals surface area contributed by atoms with E-state index in [1.54, 1.807) is 36.4 Å². The van der Waals surface area contributed by atoms with Crippen molar-refractivity contribution in [3.63, 3.8) is 0 Å². The summed E-state index contributed by atoms with van der Waals surface area (Å²) in [5, 5.41) is 5.61. The van der Waals surface area contributed by atoms with Gasteiger partial charge < -0.3 is 10.1 Å². The molecule has 0 aliphatic heterocycles. The zero-order chi connectivity index (χ0) is 25.1. The topological polar surface area (TPSA) is 96.5 Å². The largest absolute Gasteiger partial charge is 0.494 e. The first-order valence-electron chi connectivity index (χ1n) is 11.4. The van der Waals surface area contributed by atoms with Crippen LogP contribution in [0.4, 0.5) is 5.69 Å². The molecule has 0 heterocycles. The van der Waals surface area contributed by atoms with Gasteiger partial charge in [-0.2, -0.15) is 0 Å². The molecule has 0 fully saturated rings. The average molecular weight is 512 g/mol. The van der Waals surface area contributed by atoms with E-state index in [2.05, 4.69) is 22.3 Å². The number of ether oxygens (including phenoxy) is 1. The van der Waals surface area contributed by atoms with Crippen molar-refractivity contribution >= 4 is 38.9 Å². The smallest absolute Gasteiger partial charge is 0.257 e. The minimum absolute atomic E-state index is 0.106. The van der Waals surface area contributed by atoms with E-state index in [0.29, 0.717) is 36.6 Å². The fraction of sp³-hybridized carbons (Fsp3) is 0.231. The number of carbonyl (C=O) groups is 1. The lowest BCUT2D eigenvalue weighted by Crippen LogP contribution is -2.34. The molecular formula is C26H29N3O4S2. The van der Waals surface area contributed by atoms with Gasteiger partial charge in [0.15, 0.2) is 5.11 Å². The van der Waals surface area contributed by atoms with Crippen LogP contribution in [0.1, 0.15) is 35.7 Å². The minimum atomic E-state index is -3.63. The molecule has 3 N–H and O–H groups in total. The molecule has 0 saturated carbocycles. The Balaban J connectivity index is 1.48. The summed E-state index contributed by atoms with van der Waals surface area (Å²) < 4.78 is 33.3. The highest BCUT2D eigenvalue weighted by atomic mass is 32.2. The molecule has 0 bridgehead atoms. The maximum Gasteiger partial charge on any atom is 0.257 e. The van der Waals surface area contributed by atoms with Crippen LogP contribution in [0.3, 0.4) is 0 Å². The van der Waals surface area contributed by atoms with Crippen LogP contribution in [-0.4, -0.2) is 32.6 Å². The van der Waals surface area contributed by atoms with E-state index in [1.807, 2.05) is 30.3 Å². The van der Waals surface area contributed by atoms with Gasteiger partial charge in [0, 0.05) is 17.8 Å². The molecule has 3 rings (SSSR count). The van der Waals surface area contributed by atoms with Gasteiger partial charge >= 0.3 is 0 Å². The average Bonchev–Trinajstić information content (AvgIpc) is 2.85. The molecule has 35 heavy (non-hydrogen) atoms. The van der Waals surface area contributed by atoms with E-state index < -0.39 is 10.0 Å². The number of amides is 1. The molecule has 9 heteroatoms. The highest BCUT2D eigenvalue weighted by Gasteiger charge is 2.14. The molecule has 1 amide bonds. The molecule has 7 nitrogen and oxygen atoms in total. The molecule has 0 saturated heterocycles. The molecule has 0 atom stereocenters. The first-order valence-corrected chi connectivity index (χ1v) is 13.3. The predicted molar refractivity (Wildman–Crippen MR) is 142 cm³/mol. The van der Waals surface area contributed by atoms with E-state index >= 15 is 0 Å². The van der Waals surface area contributed by atoms with Crippen LogP contribution in [0, 0.1) is 0 Å². The molecule has 0 aromatic heterocycles. The number of nitrogens with one attached hydrogen (secondary N) is 3. The van der Waals surface area contributed by atoms with Crippen LogP contribution in [0.2, 0.25) is 0 Å². The molecule has 0 aliphatic rings. The maximum atomic E-state index is 12.5. The molecule has 3 aromatic carbocycles. The normalized spacial score (nSPS) is 11.0. The van der Waals surface area contributed by atoms with Crippen molar-refractivity contribution in [2.24, 2.45) is 0 Å². The second kappa shape index (κ2) is 13.0. The van der Waals surface area contributed by atoms with Crippen molar-refractivity contribution in [3.8, 4) is 5.75 Å². The second-order valence-corrected chi connectivity index (χ2v) is 9.97. The van der Waals surface area contributed by atoms with Crippen LogP contribution >= 0.6 is 12.2 Å². The summed E-state index contributed by atoms with van der Waals surface area (Å²) in [6.45, 7) is 3.03. The predicted octanol–water partition coefficient (Wildman–Crippen LogP) is 4.51. The van der Waals surface area contributed by atoms with Gasteiger partial charge in [-0.3, -0.25) is 10.1 Å². The standard InChI is InChI=1S/C26H29N3O4S2/c1-2-3-19-33-23-13-9-21(10-14-23)25(30)29-26(34)28-22-11-15-24(16-12-22)35(31,32)27-18-17-20-7-5-4-6-8-20/h4-16,27H,2-3,17-19H2,1H3,(H2,28,29,30,34). The van der Waals surface area contributed by atoms with Crippen molar-refractivity contribution in [2.45, 2.75) is 31.1 Å². The van der Waals surface area contributed by atoms with Crippen LogP contribution < -0.4 is 20.1 Å². The summed E-state index contributed by atoms with van der Waals surface area (Å²) in [7, 11) is -3.63. The third-order valence-electron chi connectivity index (χ3n) is 5.08. The van der Waals surface area contributed by atoms with E-state index in [-0.39, 0.29) is 15.9 Å². The lowest BCUT2D eigenvalue weighted by Gasteiger charge is -2.11. The van der Waals surface area contributed by atoms with Gasteiger partial charge in [0.05, 0.1) is 11.5 Å². The number of benzene rings is 3. The number of thiocarbonyl (C=S) groups is 1. The quantitative estimate of drug-likeness (QED) is 0.259. The van der Waals surface area contributed by atoms with Gasteiger partial charge in [-0.1, -0.05) is 43.7 Å². The van der Waals surface area contributed by atoms with E-state index in [4.69, 9.17) is 17.0 Å². The summed E-state index contributed by atoms with van der Waals surface area (Å²) in [6.07, 6.45) is 2.62. The second-order valence-electron chi connectivity index (χ2n) is 7.79. The molecule has 0 aliphatic carbocycles. The van der Waals surface area contributed by atoms with Gasteiger partial charge in [0.25, 0.3) is 5.91 Å². The highest BCUT2D eigenvalue weighted by molar-refractivity contribution is 7.89.